The second-order valence-electron chi connectivity index (χ2n) is 6.52. The Balaban J connectivity index is 1.51. The van der Waals surface area contributed by atoms with Crippen molar-refractivity contribution in [1.29, 1.82) is 0 Å². The van der Waals surface area contributed by atoms with Crippen LogP contribution in [0.4, 0.5) is 0 Å². The molecule has 0 aliphatic heterocycles. The molecule has 0 radical (unpaired) electrons. The van der Waals surface area contributed by atoms with Crippen LogP contribution in [0.2, 0.25) is 0 Å². The monoisotopic (exact) mass is 352 g/mol. The lowest BCUT2D eigenvalue weighted by molar-refractivity contribution is -0.132. The van der Waals surface area contributed by atoms with Crippen molar-refractivity contribution in [2.45, 2.75) is 32.1 Å². The standard InChI is InChI=1S/C21H24N2O3/c24-20(22-23-21(25)17-11-5-2-6-12-17)15-26-19-14-8-7-13-18(19)16-9-3-1-4-10-16/h1,3-4,7-10,13-14,17H,2,5-6,11-12,15H2,(H,22,24)(H,23,25). The average molecular weight is 352 g/mol. The van der Waals surface area contributed by atoms with Crippen LogP contribution in [-0.4, -0.2) is 18.4 Å². The summed E-state index contributed by atoms with van der Waals surface area (Å²) >= 11 is 0. The molecule has 5 heteroatoms. The molecule has 2 aromatic carbocycles. The van der Waals surface area contributed by atoms with Gasteiger partial charge in [-0.05, 0) is 24.5 Å². The van der Waals surface area contributed by atoms with E-state index in [1.807, 2.05) is 54.6 Å². The number of hydrogen-bond acceptors (Lipinski definition) is 3. The molecule has 0 heterocycles. The van der Waals surface area contributed by atoms with E-state index in [1.54, 1.807) is 0 Å². The van der Waals surface area contributed by atoms with Gasteiger partial charge in [-0.1, -0.05) is 67.8 Å². The molecule has 1 saturated carbocycles. The van der Waals surface area contributed by atoms with E-state index < -0.39 is 0 Å². The predicted octanol–water partition coefficient (Wildman–Crippen LogP) is 3.46. The molecule has 5 nitrogen and oxygen atoms in total. The molecule has 1 aliphatic rings. The van der Waals surface area contributed by atoms with E-state index in [4.69, 9.17) is 4.74 Å². The molecule has 3 rings (SSSR count). The molecule has 1 fully saturated rings. The number of carbonyl (C=O) groups is 2. The lowest BCUT2D eigenvalue weighted by atomic mass is 9.89. The summed E-state index contributed by atoms with van der Waals surface area (Å²) in [5, 5.41) is 0. The van der Waals surface area contributed by atoms with Crippen LogP contribution in [0.15, 0.2) is 54.6 Å². The summed E-state index contributed by atoms with van der Waals surface area (Å²) in [7, 11) is 0. The number of para-hydroxylation sites is 1. The van der Waals surface area contributed by atoms with Crippen LogP contribution in [0.5, 0.6) is 5.75 Å². The Bertz CT molecular complexity index is 740. The van der Waals surface area contributed by atoms with Gasteiger partial charge in [-0.15, -0.1) is 0 Å². The highest BCUT2D eigenvalue weighted by atomic mass is 16.5. The molecule has 1 aliphatic carbocycles. The number of benzene rings is 2. The first-order valence-electron chi connectivity index (χ1n) is 9.10. The van der Waals surface area contributed by atoms with Gasteiger partial charge in [0.2, 0.25) is 5.91 Å². The molecule has 2 aromatic rings. The summed E-state index contributed by atoms with van der Waals surface area (Å²) in [5.41, 5.74) is 6.91. The first-order valence-corrected chi connectivity index (χ1v) is 9.10. The van der Waals surface area contributed by atoms with Crippen LogP contribution in [0.1, 0.15) is 32.1 Å². The molecule has 136 valence electrons. The van der Waals surface area contributed by atoms with Gasteiger partial charge in [0.1, 0.15) is 5.75 Å². The third kappa shape index (κ3) is 4.85. The van der Waals surface area contributed by atoms with Crippen LogP contribution < -0.4 is 15.6 Å². The fraction of sp³-hybridized carbons (Fsp3) is 0.333. The fourth-order valence-electron chi connectivity index (χ4n) is 3.23. The van der Waals surface area contributed by atoms with Crippen molar-refractivity contribution < 1.29 is 14.3 Å². The molecule has 26 heavy (non-hydrogen) atoms. The van der Waals surface area contributed by atoms with Crippen LogP contribution in [0, 0.1) is 5.92 Å². The summed E-state index contributed by atoms with van der Waals surface area (Å²) in [4.78, 5) is 24.0. The molecule has 2 amide bonds. The van der Waals surface area contributed by atoms with Crippen LogP contribution in [0.3, 0.4) is 0 Å². The second kappa shape index (κ2) is 9.04. The zero-order valence-electron chi connectivity index (χ0n) is 14.7. The lowest BCUT2D eigenvalue weighted by Gasteiger charge is -2.20. The molecular weight excluding hydrogens is 328 g/mol. The van der Waals surface area contributed by atoms with Gasteiger partial charge in [0.15, 0.2) is 6.61 Å². The van der Waals surface area contributed by atoms with Crippen molar-refractivity contribution in [3.8, 4) is 16.9 Å². The Kier molecular flexibility index (Phi) is 6.25. The highest BCUT2D eigenvalue weighted by molar-refractivity contribution is 5.84. The summed E-state index contributed by atoms with van der Waals surface area (Å²) in [6, 6.07) is 17.4. The molecule has 0 unspecified atom stereocenters. The predicted molar refractivity (Wildman–Crippen MR) is 100 cm³/mol. The van der Waals surface area contributed by atoms with Gasteiger partial charge in [-0.2, -0.15) is 0 Å². The SMILES string of the molecule is O=C(COc1ccccc1-c1ccccc1)NNC(=O)C1CCCCC1. The molecule has 0 aromatic heterocycles. The van der Waals surface area contributed by atoms with Gasteiger partial charge in [-0.25, -0.2) is 0 Å². The highest BCUT2D eigenvalue weighted by Crippen LogP contribution is 2.29. The van der Waals surface area contributed by atoms with Crippen molar-refractivity contribution in [2.24, 2.45) is 5.92 Å². The Morgan fingerprint density at radius 1 is 0.885 bits per heavy atom. The van der Waals surface area contributed by atoms with Crippen molar-refractivity contribution in [1.82, 2.24) is 10.9 Å². The topological polar surface area (TPSA) is 67.4 Å². The van der Waals surface area contributed by atoms with Crippen molar-refractivity contribution in [3.05, 3.63) is 54.6 Å². The van der Waals surface area contributed by atoms with Crippen molar-refractivity contribution >= 4 is 11.8 Å². The largest absolute Gasteiger partial charge is 0.483 e. The van der Waals surface area contributed by atoms with Crippen LogP contribution in [0.25, 0.3) is 11.1 Å². The number of amides is 2. The highest BCUT2D eigenvalue weighted by Gasteiger charge is 2.21. The van der Waals surface area contributed by atoms with E-state index in [2.05, 4.69) is 10.9 Å². The number of hydrogen-bond donors (Lipinski definition) is 2. The Morgan fingerprint density at radius 3 is 2.35 bits per heavy atom. The van der Waals surface area contributed by atoms with Crippen LogP contribution in [-0.2, 0) is 9.59 Å². The minimum absolute atomic E-state index is 0.00350. The van der Waals surface area contributed by atoms with Gasteiger partial charge >= 0.3 is 0 Å². The van der Waals surface area contributed by atoms with E-state index >= 15 is 0 Å². The molecule has 0 bridgehead atoms. The number of rotatable bonds is 5. The number of nitrogens with one attached hydrogen (secondary N) is 2. The summed E-state index contributed by atoms with van der Waals surface area (Å²) in [6.45, 7) is -0.158. The Morgan fingerprint density at radius 2 is 1.58 bits per heavy atom. The van der Waals surface area contributed by atoms with E-state index in [-0.39, 0.29) is 24.3 Å². The van der Waals surface area contributed by atoms with E-state index in [0.29, 0.717) is 5.75 Å². The lowest BCUT2D eigenvalue weighted by Crippen LogP contribution is -2.46. The van der Waals surface area contributed by atoms with Crippen molar-refractivity contribution in [3.63, 3.8) is 0 Å². The molecule has 0 atom stereocenters. The summed E-state index contributed by atoms with van der Waals surface area (Å²) < 4.78 is 5.67. The maximum atomic E-state index is 12.0. The molecule has 0 saturated heterocycles. The van der Waals surface area contributed by atoms with E-state index in [9.17, 15) is 9.59 Å². The van der Waals surface area contributed by atoms with E-state index in [1.165, 1.54) is 6.42 Å². The van der Waals surface area contributed by atoms with Gasteiger partial charge in [0.25, 0.3) is 5.91 Å². The van der Waals surface area contributed by atoms with Gasteiger partial charge < -0.3 is 4.74 Å². The van der Waals surface area contributed by atoms with Crippen molar-refractivity contribution in [2.75, 3.05) is 6.61 Å². The second-order valence-corrected chi connectivity index (χ2v) is 6.52. The average Bonchev–Trinajstić information content (AvgIpc) is 2.72. The van der Waals surface area contributed by atoms with Crippen LogP contribution >= 0.6 is 0 Å². The smallest absolute Gasteiger partial charge is 0.276 e. The quantitative estimate of drug-likeness (QED) is 0.810. The zero-order valence-corrected chi connectivity index (χ0v) is 14.7. The number of ether oxygens (including phenoxy) is 1. The molecule has 2 N–H and O–H groups in total. The molecular formula is C21H24N2O3. The number of hydrazine groups is 1. The first-order chi connectivity index (χ1) is 12.7. The Hall–Kier alpha value is -2.82. The zero-order chi connectivity index (χ0) is 18.2. The van der Waals surface area contributed by atoms with E-state index in [0.717, 1.165) is 36.8 Å². The third-order valence-electron chi connectivity index (χ3n) is 4.63. The summed E-state index contributed by atoms with van der Waals surface area (Å²) in [5.74, 6) is 0.149. The van der Waals surface area contributed by atoms with Gasteiger partial charge in [-0.3, -0.25) is 20.4 Å². The summed E-state index contributed by atoms with van der Waals surface area (Å²) in [6.07, 6.45) is 5.12. The normalized spacial score (nSPS) is 14.5. The minimum Gasteiger partial charge on any atom is -0.483 e. The fourth-order valence-corrected chi connectivity index (χ4v) is 3.23. The maximum absolute atomic E-state index is 12.0. The molecule has 0 spiro atoms. The third-order valence-corrected chi connectivity index (χ3v) is 4.63. The Labute approximate surface area is 153 Å². The number of carbonyl (C=O) groups excluding carboxylic acids is 2. The van der Waals surface area contributed by atoms with Gasteiger partial charge in [0, 0.05) is 11.5 Å². The minimum atomic E-state index is -0.378. The maximum Gasteiger partial charge on any atom is 0.276 e. The van der Waals surface area contributed by atoms with Gasteiger partial charge in [0.05, 0.1) is 0 Å². The first kappa shape index (κ1) is 18.0.